The molecule has 0 bridgehead atoms. The van der Waals surface area contributed by atoms with E-state index in [4.69, 9.17) is 5.11 Å². The zero-order valence-electron chi connectivity index (χ0n) is 10.4. The van der Waals surface area contributed by atoms with Gasteiger partial charge < -0.3 is 15.0 Å². The molecular formula is C12H18N2O3. The molecule has 0 saturated heterocycles. The van der Waals surface area contributed by atoms with Crippen LogP contribution >= 0.6 is 0 Å². The number of aromatic nitrogens is 1. The van der Waals surface area contributed by atoms with Crippen molar-refractivity contribution in [3.63, 3.8) is 0 Å². The molecule has 1 heterocycles. The number of nitrogens with one attached hydrogen (secondary N) is 1. The van der Waals surface area contributed by atoms with E-state index < -0.39 is 5.97 Å². The number of carboxylic acids is 1. The molecule has 0 saturated carbocycles. The van der Waals surface area contributed by atoms with Crippen LogP contribution in [-0.2, 0) is 11.3 Å². The van der Waals surface area contributed by atoms with E-state index in [-0.39, 0.29) is 24.2 Å². The average molecular weight is 238 g/mol. The first-order valence-electron chi connectivity index (χ1n) is 5.64. The molecule has 5 nitrogen and oxygen atoms in total. The smallest absolute Gasteiger partial charge is 0.352 e. The Bertz CT molecular complexity index is 423. The van der Waals surface area contributed by atoms with Gasteiger partial charge in [-0.05, 0) is 31.9 Å². The van der Waals surface area contributed by atoms with Crippen LogP contribution in [0.5, 0.6) is 0 Å². The highest BCUT2D eigenvalue weighted by atomic mass is 16.4. The normalized spacial score (nSPS) is 12.2. The molecule has 2 N–H and O–H groups in total. The van der Waals surface area contributed by atoms with Crippen molar-refractivity contribution < 1.29 is 14.7 Å². The second kappa shape index (κ2) is 5.52. The second-order valence-electron chi connectivity index (χ2n) is 4.16. The van der Waals surface area contributed by atoms with Crippen molar-refractivity contribution in [3.8, 4) is 0 Å². The van der Waals surface area contributed by atoms with Crippen molar-refractivity contribution in [1.29, 1.82) is 0 Å². The largest absolute Gasteiger partial charge is 0.477 e. The Morgan fingerprint density at radius 2 is 2.18 bits per heavy atom. The topological polar surface area (TPSA) is 71.3 Å². The first-order valence-corrected chi connectivity index (χ1v) is 5.64. The van der Waals surface area contributed by atoms with E-state index in [1.165, 1.54) is 4.57 Å². The fraction of sp³-hybridized carbons (Fsp3) is 0.500. The van der Waals surface area contributed by atoms with Crippen LogP contribution in [-0.4, -0.2) is 27.6 Å². The maximum atomic E-state index is 11.6. The lowest BCUT2D eigenvalue weighted by Crippen LogP contribution is -2.35. The molecule has 1 aromatic heterocycles. The summed E-state index contributed by atoms with van der Waals surface area (Å²) in [7, 11) is 0. The van der Waals surface area contributed by atoms with Crippen LogP contribution in [0.3, 0.4) is 0 Å². The Labute approximate surface area is 100 Å². The van der Waals surface area contributed by atoms with Crippen molar-refractivity contribution in [2.75, 3.05) is 0 Å². The first-order chi connectivity index (χ1) is 7.95. The van der Waals surface area contributed by atoms with Crippen LogP contribution in [0.4, 0.5) is 0 Å². The van der Waals surface area contributed by atoms with E-state index >= 15 is 0 Å². The number of rotatable bonds is 5. The third-order valence-corrected chi connectivity index (χ3v) is 2.70. The van der Waals surface area contributed by atoms with Crippen LogP contribution in [0.15, 0.2) is 12.3 Å². The Kier molecular flexibility index (Phi) is 4.31. The summed E-state index contributed by atoms with van der Waals surface area (Å²) < 4.78 is 1.45. The van der Waals surface area contributed by atoms with Gasteiger partial charge in [-0.25, -0.2) is 4.79 Å². The highest BCUT2D eigenvalue weighted by molar-refractivity contribution is 5.88. The highest BCUT2D eigenvalue weighted by Gasteiger charge is 2.15. The predicted octanol–water partition coefficient (Wildman–Crippen LogP) is 1.41. The molecule has 94 valence electrons. The van der Waals surface area contributed by atoms with E-state index in [1.807, 2.05) is 13.8 Å². The van der Waals surface area contributed by atoms with Gasteiger partial charge in [0.15, 0.2) is 0 Å². The number of carboxylic acid groups (broad SMARTS) is 1. The molecule has 0 aliphatic carbocycles. The fourth-order valence-corrected chi connectivity index (χ4v) is 1.58. The van der Waals surface area contributed by atoms with E-state index in [9.17, 15) is 9.59 Å². The minimum absolute atomic E-state index is 0.0415. The standard InChI is InChI=1S/C12H18N2O3/c1-4-9(3)13-10(15)7-14-6-5-8(2)11(14)12(16)17/h5-6,9H,4,7H2,1-3H3,(H,13,15)(H,16,17). The SMILES string of the molecule is CCC(C)NC(=O)Cn1ccc(C)c1C(=O)O. The second-order valence-corrected chi connectivity index (χ2v) is 4.16. The fourth-order valence-electron chi connectivity index (χ4n) is 1.58. The number of aromatic carboxylic acids is 1. The lowest BCUT2D eigenvalue weighted by molar-refractivity contribution is -0.122. The molecule has 0 aliphatic heterocycles. The molecule has 0 radical (unpaired) electrons. The van der Waals surface area contributed by atoms with E-state index in [0.717, 1.165) is 6.42 Å². The number of hydrogen-bond donors (Lipinski definition) is 2. The van der Waals surface area contributed by atoms with Crippen molar-refractivity contribution in [1.82, 2.24) is 9.88 Å². The van der Waals surface area contributed by atoms with Crippen LogP contribution in [0.2, 0.25) is 0 Å². The third kappa shape index (κ3) is 3.34. The number of carbonyl (C=O) groups is 2. The number of nitrogens with zero attached hydrogens (tertiary/aromatic N) is 1. The van der Waals surface area contributed by atoms with Crippen LogP contribution in [0, 0.1) is 6.92 Å². The summed E-state index contributed by atoms with van der Waals surface area (Å²) in [6, 6.07) is 1.80. The third-order valence-electron chi connectivity index (χ3n) is 2.70. The van der Waals surface area contributed by atoms with Gasteiger partial charge in [0.25, 0.3) is 0 Å². The molecule has 1 rings (SSSR count). The zero-order chi connectivity index (χ0) is 13.0. The summed E-state index contributed by atoms with van der Waals surface area (Å²) in [4.78, 5) is 22.7. The molecule has 5 heteroatoms. The van der Waals surface area contributed by atoms with Gasteiger partial charge in [0.1, 0.15) is 12.2 Å². The van der Waals surface area contributed by atoms with Gasteiger partial charge in [-0.2, -0.15) is 0 Å². The molecule has 0 aromatic carbocycles. The summed E-state index contributed by atoms with van der Waals surface area (Å²) >= 11 is 0. The van der Waals surface area contributed by atoms with Gasteiger partial charge >= 0.3 is 5.97 Å². The minimum Gasteiger partial charge on any atom is -0.477 e. The Morgan fingerprint density at radius 1 is 1.53 bits per heavy atom. The van der Waals surface area contributed by atoms with Crippen molar-refractivity contribution in [3.05, 3.63) is 23.5 Å². The van der Waals surface area contributed by atoms with E-state index in [1.54, 1.807) is 19.2 Å². The molecule has 1 amide bonds. The van der Waals surface area contributed by atoms with Gasteiger partial charge in [-0.1, -0.05) is 6.92 Å². The maximum absolute atomic E-state index is 11.6. The molecule has 1 unspecified atom stereocenters. The van der Waals surface area contributed by atoms with Crippen molar-refractivity contribution >= 4 is 11.9 Å². The summed E-state index contributed by atoms with van der Waals surface area (Å²) in [6.07, 6.45) is 2.47. The zero-order valence-corrected chi connectivity index (χ0v) is 10.4. The molecule has 0 fully saturated rings. The first kappa shape index (κ1) is 13.3. The van der Waals surface area contributed by atoms with Gasteiger partial charge in [-0.15, -0.1) is 0 Å². The van der Waals surface area contributed by atoms with E-state index in [0.29, 0.717) is 5.56 Å². The summed E-state index contributed by atoms with van der Waals surface area (Å²) in [6.45, 7) is 5.65. The number of amides is 1. The number of aryl methyl sites for hydroxylation is 1. The molecular weight excluding hydrogens is 220 g/mol. The Hall–Kier alpha value is -1.78. The van der Waals surface area contributed by atoms with Crippen LogP contribution in [0.1, 0.15) is 36.3 Å². The lowest BCUT2D eigenvalue weighted by atomic mass is 10.2. The quantitative estimate of drug-likeness (QED) is 0.814. The Morgan fingerprint density at radius 3 is 2.71 bits per heavy atom. The average Bonchev–Trinajstić information content (AvgIpc) is 2.59. The highest BCUT2D eigenvalue weighted by Crippen LogP contribution is 2.09. The summed E-state index contributed by atoms with van der Waals surface area (Å²) in [5, 5.41) is 11.8. The van der Waals surface area contributed by atoms with Crippen molar-refractivity contribution in [2.24, 2.45) is 0 Å². The number of carbonyl (C=O) groups excluding carboxylic acids is 1. The molecule has 0 spiro atoms. The van der Waals surface area contributed by atoms with Gasteiger partial charge in [0.05, 0.1) is 0 Å². The summed E-state index contributed by atoms with van der Waals surface area (Å²) in [5.74, 6) is -1.18. The number of hydrogen-bond acceptors (Lipinski definition) is 2. The predicted molar refractivity (Wildman–Crippen MR) is 64.0 cm³/mol. The molecule has 1 atom stereocenters. The Balaban J connectivity index is 2.75. The maximum Gasteiger partial charge on any atom is 0.352 e. The van der Waals surface area contributed by atoms with Crippen molar-refractivity contribution in [2.45, 2.75) is 39.8 Å². The van der Waals surface area contributed by atoms with Crippen LogP contribution < -0.4 is 5.32 Å². The molecule has 0 aliphatic rings. The summed E-state index contributed by atoms with van der Waals surface area (Å²) in [5.41, 5.74) is 0.832. The van der Waals surface area contributed by atoms with E-state index in [2.05, 4.69) is 5.32 Å². The lowest BCUT2D eigenvalue weighted by Gasteiger charge is -2.12. The monoisotopic (exact) mass is 238 g/mol. The van der Waals surface area contributed by atoms with Gasteiger partial charge in [0.2, 0.25) is 5.91 Å². The minimum atomic E-state index is -1.01. The van der Waals surface area contributed by atoms with Gasteiger partial charge in [-0.3, -0.25) is 4.79 Å². The van der Waals surface area contributed by atoms with Crippen LogP contribution in [0.25, 0.3) is 0 Å². The molecule has 1 aromatic rings. The molecule has 17 heavy (non-hydrogen) atoms. The van der Waals surface area contributed by atoms with Gasteiger partial charge in [0, 0.05) is 12.2 Å².